The molecule has 0 atom stereocenters. The van der Waals surface area contributed by atoms with Gasteiger partial charge in [0.25, 0.3) is 0 Å². The van der Waals surface area contributed by atoms with Crippen molar-refractivity contribution < 1.29 is 0 Å². The van der Waals surface area contributed by atoms with Gasteiger partial charge in [-0.05, 0) is 0 Å². The van der Waals surface area contributed by atoms with Crippen LogP contribution >= 0.6 is 23.2 Å². The molecule has 6 nitrogen and oxygen atoms in total. The standard InChI is InChI=1S/C15H8Cl2N6Se/c16-10-7-5-9(6-8-10)13-15(24-22-18-13)23-20-14(19-21-23)11-3-1-2-4-12(11)17/h1-8H. The fourth-order valence-electron chi connectivity index (χ4n) is 2.16. The maximum atomic E-state index is 6.19. The number of halogens is 2. The van der Waals surface area contributed by atoms with Gasteiger partial charge in [-0.1, -0.05) is 0 Å². The van der Waals surface area contributed by atoms with E-state index in [4.69, 9.17) is 23.2 Å². The van der Waals surface area contributed by atoms with E-state index in [9.17, 15) is 0 Å². The van der Waals surface area contributed by atoms with Crippen LogP contribution in [0.4, 0.5) is 0 Å². The Kier molecular flexibility index (Phi) is 4.16. The first-order valence-electron chi connectivity index (χ1n) is 6.86. The molecule has 0 bridgehead atoms. The fraction of sp³-hybridized carbons (Fsp3) is 0. The normalized spacial score (nSPS) is 10.9. The Bertz CT molecular complexity index is 995. The number of benzene rings is 2. The van der Waals surface area contributed by atoms with Crippen molar-refractivity contribution in [2.24, 2.45) is 0 Å². The molecular formula is C15H8Cl2N6Se. The number of aromatic nitrogens is 6. The molecule has 0 saturated heterocycles. The molecule has 2 aromatic carbocycles. The minimum atomic E-state index is -0.215. The second-order valence-electron chi connectivity index (χ2n) is 4.82. The molecule has 24 heavy (non-hydrogen) atoms. The molecule has 0 saturated carbocycles. The van der Waals surface area contributed by atoms with E-state index in [0.717, 1.165) is 21.4 Å². The van der Waals surface area contributed by atoms with Gasteiger partial charge in [0.05, 0.1) is 0 Å². The predicted molar refractivity (Wildman–Crippen MR) is 92.6 cm³/mol. The third kappa shape index (κ3) is 2.87. The topological polar surface area (TPSA) is 69.4 Å². The van der Waals surface area contributed by atoms with Gasteiger partial charge in [-0.25, -0.2) is 0 Å². The van der Waals surface area contributed by atoms with Gasteiger partial charge in [-0.2, -0.15) is 0 Å². The van der Waals surface area contributed by atoms with Crippen molar-refractivity contribution in [3.05, 3.63) is 58.6 Å². The van der Waals surface area contributed by atoms with Gasteiger partial charge in [0.15, 0.2) is 0 Å². The number of hydrogen-bond acceptors (Lipinski definition) is 5. The van der Waals surface area contributed by atoms with E-state index in [1.165, 1.54) is 4.80 Å². The Morgan fingerprint density at radius 3 is 2.50 bits per heavy atom. The zero-order chi connectivity index (χ0) is 16.5. The van der Waals surface area contributed by atoms with Crippen LogP contribution in [0.1, 0.15) is 0 Å². The first-order chi connectivity index (χ1) is 11.7. The van der Waals surface area contributed by atoms with E-state index in [0.29, 0.717) is 15.9 Å². The molecule has 2 heterocycles. The molecule has 0 amide bonds. The number of tetrazole rings is 1. The average molecular weight is 422 g/mol. The van der Waals surface area contributed by atoms with Crippen LogP contribution in [0.5, 0.6) is 0 Å². The minimum absolute atomic E-state index is 0.215. The summed E-state index contributed by atoms with van der Waals surface area (Å²) in [5, 5.41) is 18.2. The first-order valence-corrected chi connectivity index (χ1v) is 9.24. The summed E-state index contributed by atoms with van der Waals surface area (Å²) in [6.45, 7) is 0. The van der Waals surface area contributed by atoms with Crippen LogP contribution in [0.3, 0.4) is 0 Å². The molecule has 0 unspecified atom stereocenters. The van der Waals surface area contributed by atoms with E-state index in [-0.39, 0.29) is 14.7 Å². The predicted octanol–water partition coefficient (Wildman–Crippen LogP) is 3.15. The molecule has 118 valence electrons. The summed E-state index contributed by atoms with van der Waals surface area (Å²) in [4.78, 5) is 1.47. The van der Waals surface area contributed by atoms with Crippen LogP contribution in [-0.4, -0.2) is 44.1 Å². The van der Waals surface area contributed by atoms with Crippen LogP contribution in [0.2, 0.25) is 10.0 Å². The second-order valence-corrected chi connectivity index (χ2v) is 7.20. The zero-order valence-corrected chi connectivity index (χ0v) is 15.2. The Balaban J connectivity index is 1.75. The molecule has 9 heteroatoms. The van der Waals surface area contributed by atoms with E-state index >= 15 is 0 Å². The molecule has 0 radical (unpaired) electrons. The quantitative estimate of drug-likeness (QED) is 0.475. The fourth-order valence-corrected chi connectivity index (χ4v) is 3.75. The second kappa shape index (κ2) is 6.45. The van der Waals surface area contributed by atoms with Crippen LogP contribution < -0.4 is 0 Å². The van der Waals surface area contributed by atoms with Crippen LogP contribution in [0.25, 0.3) is 27.2 Å². The van der Waals surface area contributed by atoms with Gasteiger partial charge in [-0.15, -0.1) is 0 Å². The number of hydrogen-bond donors (Lipinski definition) is 0. The Hall–Kier alpha value is -2.05. The summed E-state index contributed by atoms with van der Waals surface area (Å²) in [5.74, 6) is 0.464. The molecule has 4 rings (SSSR count). The van der Waals surface area contributed by atoms with Crippen molar-refractivity contribution in [1.29, 1.82) is 0 Å². The Morgan fingerprint density at radius 2 is 1.71 bits per heavy atom. The van der Waals surface area contributed by atoms with E-state index < -0.39 is 0 Å². The van der Waals surface area contributed by atoms with Crippen LogP contribution in [0.15, 0.2) is 48.5 Å². The molecule has 0 aliphatic carbocycles. The van der Waals surface area contributed by atoms with Crippen molar-refractivity contribution >= 4 is 37.9 Å². The van der Waals surface area contributed by atoms with Crippen molar-refractivity contribution in [3.8, 4) is 27.2 Å². The Morgan fingerprint density at radius 1 is 0.917 bits per heavy atom. The third-order valence-corrected chi connectivity index (χ3v) is 5.33. The molecule has 2 aromatic heterocycles. The van der Waals surface area contributed by atoms with Crippen molar-refractivity contribution in [2.75, 3.05) is 0 Å². The maximum absolute atomic E-state index is 6.19. The van der Waals surface area contributed by atoms with Gasteiger partial charge >= 0.3 is 153 Å². The van der Waals surface area contributed by atoms with Crippen molar-refractivity contribution in [1.82, 2.24) is 29.4 Å². The van der Waals surface area contributed by atoms with Crippen LogP contribution in [0, 0.1) is 0 Å². The van der Waals surface area contributed by atoms with Crippen molar-refractivity contribution in [2.45, 2.75) is 0 Å². The summed E-state index contributed by atoms with van der Waals surface area (Å²) in [6, 6.07) is 14.8. The summed E-state index contributed by atoms with van der Waals surface area (Å²) in [5.41, 5.74) is 2.38. The molecule has 0 aliphatic heterocycles. The van der Waals surface area contributed by atoms with Gasteiger partial charge in [-0.3, -0.25) is 0 Å². The summed E-state index contributed by atoms with van der Waals surface area (Å²) in [7, 11) is 0. The first kappa shape index (κ1) is 15.5. The van der Waals surface area contributed by atoms with Crippen molar-refractivity contribution in [3.63, 3.8) is 0 Å². The summed E-state index contributed by atoms with van der Waals surface area (Å²) in [6.07, 6.45) is 0. The van der Waals surface area contributed by atoms with E-state index in [1.54, 1.807) is 6.07 Å². The molecule has 0 aliphatic rings. The SMILES string of the molecule is Clc1ccc(-c2nn[se]c2-n2nnc(-c3ccccc3Cl)n2)cc1. The van der Waals surface area contributed by atoms with Gasteiger partial charge in [0.1, 0.15) is 0 Å². The third-order valence-electron chi connectivity index (χ3n) is 3.30. The van der Waals surface area contributed by atoms with Crippen LogP contribution in [-0.2, 0) is 0 Å². The number of nitrogens with zero attached hydrogens (tertiary/aromatic N) is 6. The average Bonchev–Trinajstić information content (AvgIpc) is 3.25. The molecule has 0 N–H and O–H groups in total. The zero-order valence-electron chi connectivity index (χ0n) is 12.0. The van der Waals surface area contributed by atoms with E-state index in [2.05, 4.69) is 24.6 Å². The summed E-state index contributed by atoms with van der Waals surface area (Å²) >= 11 is 11.9. The van der Waals surface area contributed by atoms with E-state index in [1.807, 2.05) is 42.5 Å². The molecule has 4 aromatic rings. The molecule has 0 fully saturated rings. The monoisotopic (exact) mass is 422 g/mol. The van der Waals surface area contributed by atoms with Gasteiger partial charge < -0.3 is 0 Å². The molecule has 0 spiro atoms. The van der Waals surface area contributed by atoms with Gasteiger partial charge in [0, 0.05) is 0 Å². The summed E-state index contributed by atoms with van der Waals surface area (Å²) < 4.78 is 4.96. The Labute approximate surface area is 153 Å². The molecular weight excluding hydrogens is 414 g/mol. The number of rotatable bonds is 3. The van der Waals surface area contributed by atoms with Gasteiger partial charge in [0.2, 0.25) is 0 Å².